The summed E-state index contributed by atoms with van der Waals surface area (Å²) in [5.74, 6) is 2.21. The summed E-state index contributed by atoms with van der Waals surface area (Å²) < 4.78 is 0. The zero-order valence-electron chi connectivity index (χ0n) is 8.58. The van der Waals surface area contributed by atoms with Crippen LogP contribution in [-0.2, 0) is 4.79 Å². The Kier molecular flexibility index (Phi) is 6.19. The number of nitrogens with zero attached hydrogens (tertiary/aromatic N) is 2. The van der Waals surface area contributed by atoms with E-state index in [1.54, 1.807) is 7.05 Å². The van der Waals surface area contributed by atoms with Gasteiger partial charge in [0.2, 0.25) is 5.91 Å². The van der Waals surface area contributed by atoms with E-state index in [2.05, 4.69) is 17.3 Å². The van der Waals surface area contributed by atoms with Crippen LogP contribution in [0.1, 0.15) is 13.3 Å². The van der Waals surface area contributed by atoms with Crippen molar-refractivity contribution in [3.05, 3.63) is 0 Å². The predicted octanol–water partition coefficient (Wildman–Crippen LogP) is -0.0302. The highest BCUT2D eigenvalue weighted by Crippen LogP contribution is 1.98. The van der Waals surface area contributed by atoms with Gasteiger partial charge in [0.15, 0.2) is 0 Å². The highest BCUT2D eigenvalue weighted by atomic mass is 16.2. The first-order valence-electron chi connectivity index (χ1n) is 4.39. The van der Waals surface area contributed by atoms with Crippen molar-refractivity contribution in [1.82, 2.24) is 10.2 Å². The van der Waals surface area contributed by atoms with Crippen LogP contribution in [0.25, 0.3) is 0 Å². The minimum atomic E-state index is -0.116. The number of rotatable bonds is 5. The van der Waals surface area contributed by atoms with E-state index in [-0.39, 0.29) is 25.0 Å². The van der Waals surface area contributed by atoms with Crippen LogP contribution in [0, 0.1) is 23.7 Å². The molecule has 0 fully saturated rings. The lowest BCUT2D eigenvalue weighted by atomic mass is 10.2. The predicted molar refractivity (Wildman–Crippen MR) is 54.2 cm³/mol. The van der Waals surface area contributed by atoms with Crippen molar-refractivity contribution >= 4 is 5.91 Å². The Hall–Kier alpha value is -1.52. The van der Waals surface area contributed by atoms with Gasteiger partial charge in [-0.05, 0) is 14.0 Å². The smallest absolute Gasteiger partial charge is 0.234 e. The lowest BCUT2D eigenvalue weighted by Crippen LogP contribution is -2.39. The monoisotopic (exact) mass is 193 g/mol. The molecule has 0 bridgehead atoms. The Balaban J connectivity index is 3.83. The third-order valence-electron chi connectivity index (χ3n) is 1.92. The van der Waals surface area contributed by atoms with E-state index in [1.807, 2.05) is 11.8 Å². The van der Waals surface area contributed by atoms with E-state index in [0.29, 0.717) is 6.42 Å². The van der Waals surface area contributed by atoms with Crippen molar-refractivity contribution in [2.75, 3.05) is 20.1 Å². The van der Waals surface area contributed by atoms with Gasteiger partial charge in [0.1, 0.15) is 0 Å². The van der Waals surface area contributed by atoms with Crippen LogP contribution < -0.4 is 5.32 Å². The zero-order chi connectivity index (χ0) is 11.0. The van der Waals surface area contributed by atoms with E-state index < -0.39 is 0 Å². The van der Waals surface area contributed by atoms with Gasteiger partial charge in [0.05, 0.1) is 25.6 Å². The molecule has 0 saturated carbocycles. The standard InChI is InChI=1S/C10H15N3O/c1-4-7-12-10(14)8-13(3)9(2)5-6-11/h1,9H,5,7-8H2,2-3H3,(H,12,14). The molecule has 0 aliphatic carbocycles. The van der Waals surface area contributed by atoms with Gasteiger partial charge in [-0.25, -0.2) is 0 Å². The Morgan fingerprint density at radius 2 is 2.36 bits per heavy atom. The Morgan fingerprint density at radius 1 is 1.71 bits per heavy atom. The fraction of sp³-hybridized carbons (Fsp3) is 0.600. The van der Waals surface area contributed by atoms with Crippen molar-refractivity contribution in [3.63, 3.8) is 0 Å². The molecule has 0 aromatic heterocycles. The summed E-state index contributed by atoms with van der Waals surface area (Å²) in [7, 11) is 1.80. The van der Waals surface area contributed by atoms with Crippen LogP contribution >= 0.6 is 0 Å². The third-order valence-corrected chi connectivity index (χ3v) is 1.92. The van der Waals surface area contributed by atoms with Gasteiger partial charge in [-0.3, -0.25) is 9.69 Å². The van der Waals surface area contributed by atoms with Crippen LogP contribution in [0.3, 0.4) is 0 Å². The van der Waals surface area contributed by atoms with Gasteiger partial charge in [0.25, 0.3) is 0 Å². The minimum Gasteiger partial charge on any atom is -0.344 e. The summed E-state index contributed by atoms with van der Waals surface area (Å²) in [6, 6.07) is 2.14. The lowest BCUT2D eigenvalue weighted by molar-refractivity contribution is -0.122. The Morgan fingerprint density at radius 3 is 2.86 bits per heavy atom. The van der Waals surface area contributed by atoms with Gasteiger partial charge < -0.3 is 5.32 Å². The maximum absolute atomic E-state index is 11.2. The van der Waals surface area contributed by atoms with E-state index in [4.69, 9.17) is 11.7 Å². The molecule has 1 amide bonds. The largest absolute Gasteiger partial charge is 0.344 e. The molecule has 4 heteroatoms. The highest BCUT2D eigenvalue weighted by molar-refractivity contribution is 5.78. The highest BCUT2D eigenvalue weighted by Gasteiger charge is 2.11. The first-order chi connectivity index (χ1) is 6.61. The van der Waals surface area contributed by atoms with E-state index in [0.717, 1.165) is 0 Å². The molecule has 1 unspecified atom stereocenters. The molecule has 0 spiro atoms. The molecule has 0 aliphatic heterocycles. The van der Waals surface area contributed by atoms with Gasteiger partial charge >= 0.3 is 0 Å². The number of nitriles is 1. The fourth-order valence-electron chi connectivity index (χ4n) is 0.876. The summed E-state index contributed by atoms with van der Waals surface area (Å²) in [6.45, 7) is 2.42. The molecule has 0 rings (SSSR count). The van der Waals surface area contributed by atoms with Crippen molar-refractivity contribution in [1.29, 1.82) is 5.26 Å². The molecule has 0 aromatic carbocycles. The summed E-state index contributed by atoms with van der Waals surface area (Å²) in [4.78, 5) is 13.0. The molecule has 1 atom stereocenters. The molecule has 76 valence electrons. The third kappa shape index (κ3) is 5.18. The number of likely N-dealkylation sites (N-methyl/N-ethyl adjacent to an activating group) is 1. The normalized spacial score (nSPS) is 11.5. The van der Waals surface area contributed by atoms with Crippen LogP contribution in [0.4, 0.5) is 0 Å². The van der Waals surface area contributed by atoms with Crippen LogP contribution in [-0.4, -0.2) is 37.0 Å². The number of amides is 1. The minimum absolute atomic E-state index is 0.0802. The average Bonchev–Trinajstić information content (AvgIpc) is 2.15. The molecule has 1 N–H and O–H groups in total. The van der Waals surface area contributed by atoms with Crippen LogP contribution in [0.5, 0.6) is 0 Å². The number of carbonyl (C=O) groups is 1. The molecule has 0 aliphatic rings. The second-order valence-corrected chi connectivity index (χ2v) is 3.11. The quantitative estimate of drug-likeness (QED) is 0.624. The number of hydrogen-bond acceptors (Lipinski definition) is 3. The topological polar surface area (TPSA) is 56.1 Å². The fourth-order valence-corrected chi connectivity index (χ4v) is 0.876. The first kappa shape index (κ1) is 12.5. The SMILES string of the molecule is C#CCNC(=O)CN(C)C(C)CC#N. The summed E-state index contributed by atoms with van der Waals surface area (Å²) in [6.07, 6.45) is 5.41. The molecular formula is C10H15N3O. The Bertz CT molecular complexity index is 262. The number of terminal acetylenes is 1. The second-order valence-electron chi connectivity index (χ2n) is 3.11. The molecule has 14 heavy (non-hydrogen) atoms. The molecule has 0 aromatic rings. The van der Waals surface area contributed by atoms with E-state index in [1.165, 1.54) is 0 Å². The molecule has 0 saturated heterocycles. The maximum Gasteiger partial charge on any atom is 0.234 e. The maximum atomic E-state index is 11.2. The average molecular weight is 193 g/mol. The van der Waals surface area contributed by atoms with Gasteiger partial charge in [-0.1, -0.05) is 5.92 Å². The van der Waals surface area contributed by atoms with Crippen molar-refractivity contribution in [2.24, 2.45) is 0 Å². The summed E-state index contributed by atoms with van der Waals surface area (Å²) in [5, 5.41) is 11.0. The van der Waals surface area contributed by atoms with Crippen molar-refractivity contribution in [3.8, 4) is 18.4 Å². The summed E-state index contributed by atoms with van der Waals surface area (Å²) in [5.41, 5.74) is 0. The van der Waals surface area contributed by atoms with Gasteiger partial charge in [-0.2, -0.15) is 5.26 Å². The second kappa shape index (κ2) is 6.94. The molecular weight excluding hydrogens is 178 g/mol. The Labute approximate surface area is 84.9 Å². The van der Waals surface area contributed by atoms with E-state index >= 15 is 0 Å². The molecule has 0 heterocycles. The summed E-state index contributed by atoms with van der Waals surface area (Å²) >= 11 is 0. The zero-order valence-corrected chi connectivity index (χ0v) is 8.58. The van der Waals surface area contributed by atoms with Gasteiger partial charge in [0, 0.05) is 6.04 Å². The molecule has 0 radical (unpaired) electrons. The first-order valence-corrected chi connectivity index (χ1v) is 4.39. The van der Waals surface area contributed by atoms with E-state index in [9.17, 15) is 4.79 Å². The number of hydrogen-bond donors (Lipinski definition) is 1. The van der Waals surface area contributed by atoms with Crippen molar-refractivity contribution in [2.45, 2.75) is 19.4 Å². The van der Waals surface area contributed by atoms with Gasteiger partial charge in [-0.15, -0.1) is 6.42 Å². The van der Waals surface area contributed by atoms with Crippen LogP contribution in [0.2, 0.25) is 0 Å². The van der Waals surface area contributed by atoms with Crippen LogP contribution in [0.15, 0.2) is 0 Å². The molecule has 4 nitrogen and oxygen atoms in total. The number of nitrogens with one attached hydrogen (secondary N) is 1. The number of carbonyl (C=O) groups excluding carboxylic acids is 1. The lowest BCUT2D eigenvalue weighted by Gasteiger charge is -2.21. The van der Waals surface area contributed by atoms with Crippen molar-refractivity contribution < 1.29 is 4.79 Å².